The maximum absolute atomic E-state index is 5.93. The van der Waals surface area contributed by atoms with E-state index in [-0.39, 0.29) is 24.9 Å². The molecule has 84 heavy (non-hydrogen) atoms. The lowest BCUT2D eigenvalue weighted by molar-refractivity contribution is 0.0269. The number of aromatic nitrogens is 2. The van der Waals surface area contributed by atoms with E-state index >= 15 is 0 Å². The highest BCUT2D eigenvalue weighted by Gasteiger charge is 2.28. The van der Waals surface area contributed by atoms with Crippen molar-refractivity contribution < 1.29 is 19.4 Å². The van der Waals surface area contributed by atoms with E-state index in [1.54, 1.807) is 0 Å². The minimum absolute atomic E-state index is 0.219. The summed E-state index contributed by atoms with van der Waals surface area (Å²) in [6.45, 7) is 19.9. The molecule has 0 spiro atoms. The Kier molecular flexibility index (Phi) is 13.2. The quantitative estimate of drug-likeness (QED) is 0.0661. The van der Waals surface area contributed by atoms with E-state index in [2.05, 4.69) is 253 Å². The Hall–Kier alpha value is -7.90. The molecule has 9 aromatic carbocycles. The van der Waals surface area contributed by atoms with Crippen LogP contribution in [-0.4, -0.2) is 35.8 Å². The minimum atomic E-state index is -0.219. The first-order chi connectivity index (χ1) is 40.9. The van der Waals surface area contributed by atoms with E-state index in [0.717, 1.165) is 100 Å². The molecule has 11 aromatic rings. The lowest BCUT2D eigenvalue weighted by atomic mass is 9.90. The second kappa shape index (κ2) is 21.0. The Bertz CT molecular complexity index is 3930. The second-order valence-electron chi connectivity index (χ2n) is 23.3. The summed E-state index contributed by atoms with van der Waals surface area (Å²) in [4.78, 5) is 23.7. The van der Waals surface area contributed by atoms with Gasteiger partial charge in [-0.3, -0.25) is 40.6 Å². The summed E-state index contributed by atoms with van der Waals surface area (Å²) in [6, 6.07) is 55.3. The third-order valence-corrected chi connectivity index (χ3v) is 17.8. The van der Waals surface area contributed by atoms with Crippen molar-refractivity contribution >= 4 is 43.6 Å². The second-order valence-corrected chi connectivity index (χ2v) is 23.3. The van der Waals surface area contributed by atoms with E-state index in [9.17, 15) is 0 Å². The molecule has 4 saturated heterocycles. The summed E-state index contributed by atoms with van der Waals surface area (Å²) in [6.07, 6.45) is -0.877. The van der Waals surface area contributed by atoms with E-state index in [1.807, 2.05) is 0 Å². The molecule has 422 valence electrons. The lowest BCUT2D eigenvalue weighted by Crippen LogP contribution is -2.16. The number of rotatable bonds is 10. The third kappa shape index (κ3) is 8.89. The standard InChI is InChI=1S/C70H68N10O4/c1-37-19-45(20-38(2)61(37)67-71-33-75-81-67)49-27-50(46-21-39(3)62(40(4)22-46)68-72-34-76-82-68)30-53(29-49)79-57-15-11-9-13-55(57)65-59(79)17-18-60-66(65)56-14-10-12-16-58(56)80(60)54-31-51(47-23-41(5)63(42(6)24-47)69-73-35-77-83-69)28-52(32-54)48-25-43(7)64(44(8)26-48)70-74-36-78-84-70/h9-32,67-78H,33-36H2,1-8H3. The predicted molar refractivity (Wildman–Crippen MR) is 335 cm³/mol. The molecule has 14 heteroatoms. The molecule has 4 fully saturated rings. The predicted octanol–water partition coefficient (Wildman–Crippen LogP) is 13.3. The molecule has 4 aliphatic rings. The number of hydrogen-bond acceptors (Lipinski definition) is 12. The van der Waals surface area contributed by atoms with Crippen LogP contribution in [0.3, 0.4) is 0 Å². The molecular formula is C70H68N10O4. The Morgan fingerprint density at radius 2 is 0.548 bits per heavy atom. The largest absolute Gasteiger partial charge is 0.309 e. The van der Waals surface area contributed by atoms with Crippen LogP contribution in [0, 0.1) is 55.4 Å². The van der Waals surface area contributed by atoms with Gasteiger partial charge in [-0.25, -0.2) is 0 Å². The van der Waals surface area contributed by atoms with Gasteiger partial charge >= 0.3 is 0 Å². The molecule has 0 saturated carbocycles. The van der Waals surface area contributed by atoms with Gasteiger partial charge in [-0.1, -0.05) is 84.9 Å². The summed E-state index contributed by atoms with van der Waals surface area (Å²) in [7, 11) is 0. The van der Waals surface area contributed by atoms with Gasteiger partial charge in [0, 0.05) is 55.2 Å². The van der Waals surface area contributed by atoms with Crippen molar-refractivity contribution in [2.24, 2.45) is 0 Å². The summed E-state index contributed by atoms with van der Waals surface area (Å²) in [5.41, 5.74) is 41.8. The number of benzene rings is 9. The Morgan fingerprint density at radius 3 is 0.798 bits per heavy atom. The van der Waals surface area contributed by atoms with Crippen molar-refractivity contribution in [2.45, 2.75) is 80.3 Å². The van der Waals surface area contributed by atoms with Gasteiger partial charge in [-0.05, 0) is 205 Å². The molecule has 0 amide bonds. The number of hydroxylamine groups is 4. The van der Waals surface area contributed by atoms with E-state index in [1.165, 1.54) is 66.1 Å². The first kappa shape index (κ1) is 52.9. The maximum Gasteiger partial charge on any atom is 0.156 e. The fraction of sp³-hybridized carbons (Fsp3) is 0.229. The number of hydrogen-bond donors (Lipinski definition) is 8. The highest BCUT2D eigenvalue weighted by Crippen LogP contribution is 2.46. The first-order valence-electron chi connectivity index (χ1n) is 29.1. The zero-order chi connectivity index (χ0) is 57.1. The van der Waals surface area contributed by atoms with Crippen molar-refractivity contribution in [2.75, 3.05) is 26.7 Å². The van der Waals surface area contributed by atoms with Gasteiger partial charge in [0.2, 0.25) is 0 Å². The fourth-order valence-electron chi connectivity index (χ4n) is 14.3. The normalized spacial score (nSPS) is 19.1. The van der Waals surface area contributed by atoms with Crippen LogP contribution in [0.25, 0.3) is 99.5 Å². The molecule has 6 heterocycles. The average Bonchev–Trinajstić information content (AvgIpc) is 2.63. The Labute approximate surface area is 488 Å². The molecule has 15 rings (SSSR count). The smallest absolute Gasteiger partial charge is 0.156 e. The first-order valence-corrected chi connectivity index (χ1v) is 29.1. The number of nitrogens with zero attached hydrogens (tertiary/aromatic N) is 2. The molecule has 2 aromatic heterocycles. The van der Waals surface area contributed by atoms with E-state index < -0.39 is 0 Å². The van der Waals surface area contributed by atoms with Gasteiger partial charge in [-0.15, -0.1) is 0 Å². The van der Waals surface area contributed by atoms with Crippen LogP contribution in [0.2, 0.25) is 0 Å². The molecule has 14 nitrogen and oxygen atoms in total. The molecule has 0 radical (unpaired) electrons. The highest BCUT2D eigenvalue weighted by molar-refractivity contribution is 6.29. The van der Waals surface area contributed by atoms with Crippen molar-refractivity contribution in [1.82, 2.24) is 52.3 Å². The highest BCUT2D eigenvalue weighted by atomic mass is 16.7. The summed E-state index contributed by atoms with van der Waals surface area (Å²) < 4.78 is 4.97. The Balaban J connectivity index is 0.949. The fourth-order valence-corrected chi connectivity index (χ4v) is 14.3. The van der Waals surface area contributed by atoms with Crippen molar-refractivity contribution in [3.63, 3.8) is 0 Å². The molecule has 4 aliphatic heterocycles. The van der Waals surface area contributed by atoms with Crippen LogP contribution in [0.15, 0.2) is 146 Å². The summed E-state index contributed by atoms with van der Waals surface area (Å²) >= 11 is 0. The minimum Gasteiger partial charge on any atom is -0.309 e. The van der Waals surface area contributed by atoms with Gasteiger partial charge < -0.3 is 9.13 Å². The Morgan fingerprint density at radius 1 is 0.298 bits per heavy atom. The third-order valence-electron chi connectivity index (χ3n) is 17.8. The van der Waals surface area contributed by atoms with Crippen LogP contribution in [0.1, 0.15) is 91.7 Å². The molecular weight excluding hydrogens is 1040 g/mol. The average molecular weight is 1110 g/mol. The van der Waals surface area contributed by atoms with Crippen LogP contribution < -0.4 is 43.2 Å². The monoisotopic (exact) mass is 1110 g/mol. The van der Waals surface area contributed by atoms with Crippen LogP contribution >= 0.6 is 0 Å². The molecule has 0 bridgehead atoms. The SMILES string of the molecule is Cc1cc(-c2cc(-c3cc(C)c(C4NCNO4)c(C)c3)cc(-n3c4ccccc4c4c5c6ccccc6n(-c6cc(-c7cc(C)c(C8NCNO8)c(C)c7)cc(-c7cc(C)c(C8NCNO8)c(C)c7)c6)c5ccc43)c2)cc(C)c1C1NCNO1. The van der Waals surface area contributed by atoms with Crippen molar-refractivity contribution in [1.29, 1.82) is 0 Å². The van der Waals surface area contributed by atoms with E-state index in [4.69, 9.17) is 19.4 Å². The van der Waals surface area contributed by atoms with E-state index in [0.29, 0.717) is 26.7 Å². The zero-order valence-electron chi connectivity index (χ0n) is 48.5. The van der Waals surface area contributed by atoms with Gasteiger partial charge in [0.1, 0.15) is 0 Å². The summed E-state index contributed by atoms with van der Waals surface area (Å²) in [5, 5.41) is 18.6. The number of fused-ring (bicyclic) bond motifs is 7. The van der Waals surface area contributed by atoms with Crippen LogP contribution in [-0.2, 0) is 19.4 Å². The molecule has 4 unspecified atom stereocenters. The number of nitrogens with one attached hydrogen (secondary N) is 8. The van der Waals surface area contributed by atoms with Crippen LogP contribution in [0.5, 0.6) is 0 Å². The van der Waals surface area contributed by atoms with Crippen molar-refractivity contribution in [3.05, 3.63) is 212 Å². The maximum atomic E-state index is 5.93. The lowest BCUT2D eigenvalue weighted by Gasteiger charge is -2.20. The van der Waals surface area contributed by atoms with Gasteiger partial charge in [0.25, 0.3) is 0 Å². The van der Waals surface area contributed by atoms with Crippen molar-refractivity contribution in [3.8, 4) is 55.9 Å². The van der Waals surface area contributed by atoms with Gasteiger partial charge in [0.15, 0.2) is 24.9 Å². The number of aryl methyl sites for hydroxylation is 8. The summed E-state index contributed by atoms with van der Waals surface area (Å²) in [5.74, 6) is 0. The topological polar surface area (TPSA) is 143 Å². The molecule has 4 atom stereocenters. The van der Waals surface area contributed by atoms with Gasteiger partial charge in [-0.2, -0.15) is 21.9 Å². The molecule has 8 N–H and O–H groups in total. The molecule has 0 aliphatic carbocycles. The number of para-hydroxylation sites is 2. The zero-order valence-corrected chi connectivity index (χ0v) is 48.5. The van der Waals surface area contributed by atoms with Crippen LogP contribution in [0.4, 0.5) is 0 Å². The van der Waals surface area contributed by atoms with Gasteiger partial charge in [0.05, 0.1) is 48.7 Å².